The van der Waals surface area contributed by atoms with Crippen molar-refractivity contribution in [2.24, 2.45) is 7.05 Å². The number of aliphatic hydroxyl groups excluding tert-OH is 1. The van der Waals surface area contributed by atoms with Crippen LogP contribution in [0.15, 0.2) is 31.1 Å². The van der Waals surface area contributed by atoms with Gasteiger partial charge in [0.25, 0.3) is 0 Å². The Morgan fingerprint density at radius 1 is 1.30 bits per heavy atom. The molecule has 0 saturated carbocycles. The monoisotopic (exact) mass is 414 g/mol. The zero-order valence-corrected chi connectivity index (χ0v) is 16.0. The summed E-state index contributed by atoms with van der Waals surface area (Å²) in [4.78, 5) is 3.96. The number of pyridine rings is 1. The topological polar surface area (TPSA) is 38.1 Å². The number of fused-ring (bicyclic) bond motifs is 1. The van der Waals surface area contributed by atoms with Crippen LogP contribution in [0.1, 0.15) is 27.9 Å². The number of benzene rings is 1. The first-order valence-corrected chi connectivity index (χ1v) is 8.63. The van der Waals surface area contributed by atoms with Gasteiger partial charge in [-0.3, -0.25) is 0 Å². The summed E-state index contributed by atoms with van der Waals surface area (Å²) in [7, 11) is 1.68. The molecule has 0 saturated heterocycles. The average Bonchev–Trinajstić information content (AvgIpc) is 2.87. The van der Waals surface area contributed by atoms with E-state index in [4.69, 9.17) is 23.2 Å². The third kappa shape index (κ3) is 3.51. The first-order valence-electron chi connectivity index (χ1n) is 7.87. The van der Waals surface area contributed by atoms with Crippen molar-refractivity contribution in [2.75, 3.05) is 0 Å². The van der Waals surface area contributed by atoms with E-state index >= 15 is 0 Å². The Morgan fingerprint density at radius 2 is 1.96 bits per heavy atom. The van der Waals surface area contributed by atoms with Gasteiger partial charge in [-0.15, -0.1) is 0 Å². The van der Waals surface area contributed by atoms with Crippen LogP contribution >= 0.6 is 23.2 Å². The van der Waals surface area contributed by atoms with Crippen molar-refractivity contribution in [2.45, 2.75) is 19.5 Å². The van der Waals surface area contributed by atoms with E-state index in [1.165, 1.54) is 6.20 Å². The largest absolute Gasteiger partial charge is 0.506 e. The Kier molecular flexibility index (Phi) is 4.91. The summed E-state index contributed by atoms with van der Waals surface area (Å²) in [6.07, 6.45) is -1.04. The molecule has 2 heterocycles. The fourth-order valence-corrected chi connectivity index (χ4v) is 3.77. The first kappa shape index (κ1) is 19.6. The van der Waals surface area contributed by atoms with E-state index in [0.717, 1.165) is 17.7 Å². The van der Waals surface area contributed by atoms with Crippen molar-refractivity contribution >= 4 is 39.9 Å². The molecule has 3 nitrogen and oxygen atoms in total. The lowest BCUT2D eigenvalue weighted by Gasteiger charge is -2.12. The van der Waals surface area contributed by atoms with Crippen LogP contribution in [-0.4, -0.2) is 14.7 Å². The van der Waals surface area contributed by atoms with Gasteiger partial charge in [-0.1, -0.05) is 29.8 Å². The van der Waals surface area contributed by atoms with Crippen molar-refractivity contribution in [3.8, 4) is 0 Å². The summed E-state index contributed by atoms with van der Waals surface area (Å²) in [5.74, 6) is -0.290. The quantitative estimate of drug-likeness (QED) is 0.508. The van der Waals surface area contributed by atoms with E-state index in [9.17, 15) is 18.3 Å². The van der Waals surface area contributed by atoms with Gasteiger partial charge < -0.3 is 9.67 Å². The molecule has 8 heteroatoms. The second kappa shape index (κ2) is 6.77. The molecule has 1 N–H and O–H groups in total. The molecule has 0 aliphatic rings. The van der Waals surface area contributed by atoms with Gasteiger partial charge in [0.15, 0.2) is 0 Å². The Bertz CT molecular complexity index is 1070. The molecule has 0 aliphatic carbocycles. The van der Waals surface area contributed by atoms with Gasteiger partial charge in [0, 0.05) is 36.8 Å². The maximum Gasteiger partial charge on any atom is 0.416 e. The van der Waals surface area contributed by atoms with Crippen LogP contribution in [0, 0.1) is 6.92 Å². The number of hydrogen-bond donors (Lipinski definition) is 1. The van der Waals surface area contributed by atoms with Crippen LogP contribution in [0.25, 0.3) is 16.7 Å². The van der Waals surface area contributed by atoms with Gasteiger partial charge in [0.1, 0.15) is 11.5 Å². The minimum absolute atomic E-state index is 0.118. The molecule has 3 rings (SSSR count). The fraction of sp³-hybridized carbons (Fsp3) is 0.211. The van der Waals surface area contributed by atoms with Crippen LogP contribution in [0.2, 0.25) is 10.0 Å². The number of rotatable bonds is 3. The van der Waals surface area contributed by atoms with Crippen LogP contribution in [0.5, 0.6) is 0 Å². The highest BCUT2D eigenvalue weighted by Gasteiger charge is 2.31. The third-order valence-corrected chi connectivity index (χ3v) is 5.13. The molecule has 0 unspecified atom stereocenters. The smallest absolute Gasteiger partial charge is 0.416 e. The van der Waals surface area contributed by atoms with Crippen molar-refractivity contribution in [3.05, 3.63) is 69.1 Å². The van der Waals surface area contributed by atoms with Gasteiger partial charge in [-0.05, 0) is 35.7 Å². The van der Waals surface area contributed by atoms with E-state index < -0.39 is 11.7 Å². The van der Waals surface area contributed by atoms with Crippen molar-refractivity contribution in [1.29, 1.82) is 0 Å². The number of aromatic nitrogens is 2. The van der Waals surface area contributed by atoms with Crippen LogP contribution in [-0.2, 0) is 19.6 Å². The van der Waals surface area contributed by atoms with E-state index in [1.54, 1.807) is 24.7 Å². The van der Waals surface area contributed by atoms with Gasteiger partial charge in [-0.2, -0.15) is 13.2 Å². The van der Waals surface area contributed by atoms with Crippen molar-refractivity contribution in [3.63, 3.8) is 0 Å². The lowest BCUT2D eigenvalue weighted by atomic mass is 9.99. The lowest BCUT2D eigenvalue weighted by molar-refractivity contribution is -0.137. The summed E-state index contributed by atoms with van der Waals surface area (Å²) in [6, 6.07) is 2.26. The zero-order chi connectivity index (χ0) is 20.1. The van der Waals surface area contributed by atoms with Gasteiger partial charge in [0.2, 0.25) is 0 Å². The highest BCUT2D eigenvalue weighted by atomic mass is 35.5. The zero-order valence-electron chi connectivity index (χ0n) is 14.5. The predicted octanol–water partition coefficient (Wildman–Crippen LogP) is 6.33. The molecule has 0 atom stereocenters. The third-order valence-electron chi connectivity index (χ3n) is 4.40. The standard InChI is InChI=1S/C19H15Cl2F3N2O/c1-9-4-12(19(22,23)24)6-15-16(9)11(8-26(15)3)5-13-14(20)7-25-18(10(2)27)17(13)21/h4,6-8,27H,2,5H2,1,3H3. The minimum Gasteiger partial charge on any atom is -0.506 e. The van der Waals surface area contributed by atoms with Crippen molar-refractivity contribution in [1.82, 2.24) is 9.55 Å². The summed E-state index contributed by atoms with van der Waals surface area (Å²) < 4.78 is 41.0. The Hall–Kier alpha value is -2.18. The summed E-state index contributed by atoms with van der Waals surface area (Å²) in [5, 5.41) is 10.8. The highest BCUT2D eigenvalue weighted by Crippen LogP contribution is 2.37. The molecule has 2 aromatic heterocycles. The van der Waals surface area contributed by atoms with Gasteiger partial charge >= 0.3 is 6.18 Å². The molecule has 0 bridgehead atoms. The number of hydrogen-bond acceptors (Lipinski definition) is 2. The van der Waals surface area contributed by atoms with Gasteiger partial charge in [0.05, 0.1) is 15.6 Å². The number of aliphatic hydroxyl groups is 1. The highest BCUT2D eigenvalue weighted by molar-refractivity contribution is 6.36. The molecule has 1 aromatic carbocycles. The van der Waals surface area contributed by atoms with Crippen LogP contribution in [0.4, 0.5) is 13.2 Å². The number of nitrogens with zero attached hydrogens (tertiary/aromatic N) is 2. The van der Waals surface area contributed by atoms with Crippen molar-refractivity contribution < 1.29 is 18.3 Å². The van der Waals surface area contributed by atoms with E-state index in [2.05, 4.69) is 11.6 Å². The molecule has 0 amide bonds. The Morgan fingerprint density at radius 3 is 2.56 bits per heavy atom. The number of alkyl halides is 3. The Labute approximate surface area is 163 Å². The summed E-state index contributed by atoms with van der Waals surface area (Å²) in [6.45, 7) is 5.06. The number of aryl methyl sites for hydroxylation is 2. The molecular formula is C19H15Cl2F3N2O. The summed E-state index contributed by atoms with van der Waals surface area (Å²) in [5.41, 5.74) is 1.67. The Balaban J connectivity index is 2.18. The average molecular weight is 415 g/mol. The summed E-state index contributed by atoms with van der Waals surface area (Å²) >= 11 is 12.5. The normalized spacial score (nSPS) is 12.0. The van der Waals surface area contributed by atoms with Crippen LogP contribution < -0.4 is 0 Å². The lowest BCUT2D eigenvalue weighted by Crippen LogP contribution is -2.05. The predicted molar refractivity (Wildman–Crippen MR) is 101 cm³/mol. The molecule has 0 aliphatic heterocycles. The fourth-order valence-electron chi connectivity index (χ4n) is 3.19. The second-order valence-electron chi connectivity index (χ2n) is 6.32. The molecular weight excluding hydrogens is 400 g/mol. The SMILES string of the molecule is C=C(O)c1ncc(Cl)c(Cc2cn(C)c3cc(C(F)(F)F)cc(C)c23)c1Cl. The van der Waals surface area contributed by atoms with Crippen LogP contribution in [0.3, 0.4) is 0 Å². The molecule has 3 aromatic rings. The van der Waals surface area contributed by atoms with Gasteiger partial charge in [-0.25, -0.2) is 4.98 Å². The number of halogens is 5. The van der Waals surface area contributed by atoms with E-state index in [1.807, 2.05) is 0 Å². The molecule has 0 radical (unpaired) electrons. The first-order chi connectivity index (χ1) is 12.5. The maximum absolute atomic E-state index is 13.1. The van der Waals surface area contributed by atoms with E-state index in [-0.39, 0.29) is 22.9 Å². The minimum atomic E-state index is -4.42. The molecule has 142 valence electrons. The van der Waals surface area contributed by atoms with E-state index in [0.29, 0.717) is 27.1 Å². The molecule has 0 spiro atoms. The second-order valence-corrected chi connectivity index (χ2v) is 7.11. The molecule has 27 heavy (non-hydrogen) atoms. The molecule has 0 fully saturated rings. The maximum atomic E-state index is 13.1.